The molecule has 1 aromatic carbocycles. The van der Waals surface area contributed by atoms with Crippen LogP contribution >= 0.6 is 0 Å². The van der Waals surface area contributed by atoms with Gasteiger partial charge in [-0.05, 0) is 29.8 Å². The van der Waals surface area contributed by atoms with Crippen molar-refractivity contribution in [2.45, 2.75) is 13.0 Å². The van der Waals surface area contributed by atoms with Gasteiger partial charge in [0.15, 0.2) is 0 Å². The van der Waals surface area contributed by atoms with Crippen molar-refractivity contribution in [3.05, 3.63) is 65.6 Å². The molecule has 1 fully saturated rings. The first-order valence-electron chi connectivity index (χ1n) is 10.3. The highest BCUT2D eigenvalue weighted by Crippen LogP contribution is 2.33. The lowest BCUT2D eigenvalue weighted by Crippen LogP contribution is -2.42. The predicted octanol–water partition coefficient (Wildman–Crippen LogP) is 1.52. The maximum absolute atomic E-state index is 13.0. The molecule has 164 valence electrons. The van der Waals surface area contributed by atoms with Crippen molar-refractivity contribution in [3.8, 4) is 28.8 Å². The van der Waals surface area contributed by atoms with E-state index >= 15 is 0 Å². The number of nitrogens with zero attached hydrogens (tertiary/aromatic N) is 3. The third kappa shape index (κ3) is 3.72. The summed E-state index contributed by atoms with van der Waals surface area (Å²) in [5.41, 5.74) is 2.17. The molecule has 2 aromatic heterocycles. The summed E-state index contributed by atoms with van der Waals surface area (Å²) in [7, 11) is 1.54. The molecule has 5 rings (SSSR count). The average molecular weight is 441 g/mol. The number of amides is 3. The minimum Gasteiger partial charge on any atom is -0.497 e. The summed E-state index contributed by atoms with van der Waals surface area (Å²) in [5.74, 6) is 5.43. The van der Waals surface area contributed by atoms with Crippen molar-refractivity contribution in [1.82, 2.24) is 25.4 Å². The van der Waals surface area contributed by atoms with Gasteiger partial charge in [0, 0.05) is 48.4 Å². The molecule has 1 saturated heterocycles. The Labute approximate surface area is 189 Å². The van der Waals surface area contributed by atoms with Gasteiger partial charge in [0.05, 0.1) is 19.2 Å². The van der Waals surface area contributed by atoms with Crippen molar-refractivity contribution in [2.24, 2.45) is 5.41 Å². The van der Waals surface area contributed by atoms with Crippen LogP contribution in [-0.4, -0.2) is 51.5 Å². The average Bonchev–Trinajstić information content (AvgIpc) is 3.52. The van der Waals surface area contributed by atoms with Crippen LogP contribution in [0.2, 0.25) is 0 Å². The van der Waals surface area contributed by atoms with Gasteiger partial charge in [-0.3, -0.25) is 29.8 Å². The Morgan fingerprint density at radius 1 is 1.18 bits per heavy atom. The van der Waals surface area contributed by atoms with Crippen LogP contribution in [0.15, 0.2) is 48.9 Å². The molecular weight excluding hydrogens is 422 g/mol. The quantitative estimate of drug-likeness (QED) is 0.468. The largest absolute Gasteiger partial charge is 0.497 e. The van der Waals surface area contributed by atoms with Gasteiger partial charge in [-0.2, -0.15) is 5.10 Å². The number of aromatic amines is 1. The molecule has 0 bridgehead atoms. The molecule has 3 amide bonds. The van der Waals surface area contributed by atoms with E-state index in [-0.39, 0.29) is 18.9 Å². The summed E-state index contributed by atoms with van der Waals surface area (Å²) in [5, 5.41) is 9.14. The Balaban J connectivity index is 1.45. The standard InChI is InChI=1S/C24H19N5O4/c1-33-18-3-2-16-13-29(22(31)19(16)9-18)14-24(10-21(30)27-23(24)32)6-4-15-8-17(12-25-11-15)20-5-7-26-28-20/h2-3,5,7-9,11-12H,10,13-14H2,1H3,(H,26,28)(H,27,30,32)/t24-/m1/s1. The lowest BCUT2D eigenvalue weighted by molar-refractivity contribution is -0.127. The highest BCUT2D eigenvalue weighted by atomic mass is 16.5. The number of H-pyrrole nitrogens is 1. The molecule has 2 N–H and O–H groups in total. The molecule has 9 heteroatoms. The number of nitrogens with one attached hydrogen (secondary N) is 2. The van der Waals surface area contributed by atoms with Crippen molar-refractivity contribution in [1.29, 1.82) is 0 Å². The fourth-order valence-electron chi connectivity index (χ4n) is 4.10. The lowest BCUT2D eigenvalue weighted by atomic mass is 9.85. The number of rotatable bonds is 4. The molecule has 4 heterocycles. The molecular formula is C24H19N5O4. The van der Waals surface area contributed by atoms with E-state index in [1.807, 2.05) is 18.2 Å². The Morgan fingerprint density at radius 3 is 2.79 bits per heavy atom. The number of carbonyl (C=O) groups excluding carboxylic acids is 3. The van der Waals surface area contributed by atoms with Gasteiger partial charge in [0.1, 0.15) is 11.2 Å². The van der Waals surface area contributed by atoms with E-state index in [4.69, 9.17) is 4.74 Å². The van der Waals surface area contributed by atoms with E-state index in [0.29, 0.717) is 23.4 Å². The summed E-state index contributed by atoms with van der Waals surface area (Å²) >= 11 is 0. The zero-order chi connectivity index (χ0) is 23.0. The summed E-state index contributed by atoms with van der Waals surface area (Å²) in [4.78, 5) is 43.7. The van der Waals surface area contributed by atoms with Crippen LogP contribution < -0.4 is 10.1 Å². The van der Waals surface area contributed by atoms with E-state index in [0.717, 1.165) is 16.8 Å². The van der Waals surface area contributed by atoms with Crippen LogP contribution in [0.1, 0.15) is 27.9 Å². The van der Waals surface area contributed by atoms with Crippen LogP contribution in [-0.2, 0) is 16.1 Å². The van der Waals surface area contributed by atoms with Crippen LogP contribution in [0, 0.1) is 17.3 Å². The Hall–Kier alpha value is -4.45. The number of hydrogen-bond acceptors (Lipinski definition) is 6. The van der Waals surface area contributed by atoms with Gasteiger partial charge in [0.2, 0.25) is 11.8 Å². The van der Waals surface area contributed by atoms with E-state index in [2.05, 4.69) is 32.3 Å². The maximum atomic E-state index is 13.0. The third-order valence-electron chi connectivity index (χ3n) is 5.80. The maximum Gasteiger partial charge on any atom is 0.254 e. The lowest BCUT2D eigenvalue weighted by Gasteiger charge is -2.25. The molecule has 0 radical (unpaired) electrons. The van der Waals surface area contributed by atoms with Crippen LogP contribution in [0.5, 0.6) is 5.75 Å². The van der Waals surface area contributed by atoms with Crippen molar-refractivity contribution in [3.63, 3.8) is 0 Å². The molecule has 0 spiro atoms. The van der Waals surface area contributed by atoms with Crippen molar-refractivity contribution in [2.75, 3.05) is 13.7 Å². The minimum absolute atomic E-state index is 0.00106. The topological polar surface area (TPSA) is 117 Å². The monoisotopic (exact) mass is 441 g/mol. The molecule has 0 saturated carbocycles. The molecule has 0 aliphatic carbocycles. The molecule has 1 atom stereocenters. The zero-order valence-corrected chi connectivity index (χ0v) is 17.7. The highest BCUT2D eigenvalue weighted by Gasteiger charge is 2.48. The van der Waals surface area contributed by atoms with Gasteiger partial charge < -0.3 is 9.64 Å². The fraction of sp³-hybridized carbons (Fsp3) is 0.208. The van der Waals surface area contributed by atoms with E-state index < -0.39 is 17.2 Å². The molecule has 33 heavy (non-hydrogen) atoms. The first-order valence-corrected chi connectivity index (χ1v) is 10.3. The minimum atomic E-state index is -1.34. The number of carbonyl (C=O) groups is 3. The van der Waals surface area contributed by atoms with Gasteiger partial charge in [-0.15, -0.1) is 0 Å². The molecule has 2 aliphatic heterocycles. The van der Waals surface area contributed by atoms with Crippen LogP contribution in [0.4, 0.5) is 0 Å². The molecule has 0 unspecified atom stereocenters. The number of benzene rings is 1. The van der Waals surface area contributed by atoms with E-state index in [1.165, 1.54) is 7.11 Å². The smallest absolute Gasteiger partial charge is 0.254 e. The summed E-state index contributed by atoms with van der Waals surface area (Å²) in [6, 6.07) is 8.93. The predicted molar refractivity (Wildman–Crippen MR) is 117 cm³/mol. The summed E-state index contributed by atoms with van der Waals surface area (Å²) in [6.45, 7) is 0.334. The second-order valence-corrected chi connectivity index (χ2v) is 8.00. The van der Waals surface area contributed by atoms with Gasteiger partial charge in [0.25, 0.3) is 5.91 Å². The first kappa shape index (κ1) is 20.5. The third-order valence-corrected chi connectivity index (χ3v) is 5.80. The molecule has 9 nitrogen and oxygen atoms in total. The van der Waals surface area contributed by atoms with Crippen LogP contribution in [0.3, 0.4) is 0 Å². The fourth-order valence-corrected chi connectivity index (χ4v) is 4.10. The van der Waals surface area contributed by atoms with Gasteiger partial charge in [-0.1, -0.05) is 17.9 Å². The van der Waals surface area contributed by atoms with E-state index in [9.17, 15) is 14.4 Å². The van der Waals surface area contributed by atoms with E-state index in [1.54, 1.807) is 35.6 Å². The normalized spacial score (nSPS) is 19.2. The van der Waals surface area contributed by atoms with Crippen molar-refractivity contribution < 1.29 is 19.1 Å². The van der Waals surface area contributed by atoms with Crippen LogP contribution in [0.25, 0.3) is 11.3 Å². The second kappa shape index (κ2) is 7.91. The Morgan fingerprint density at radius 2 is 2.06 bits per heavy atom. The highest BCUT2D eigenvalue weighted by molar-refractivity contribution is 6.08. The first-order chi connectivity index (χ1) is 16.0. The molecule has 3 aromatic rings. The number of methoxy groups -OCH3 is 1. The summed E-state index contributed by atoms with van der Waals surface area (Å²) < 4.78 is 5.22. The SMILES string of the molecule is COc1ccc2c(c1)C(=O)N(C[C@@]1(C#Cc3cncc(-c4ccn[nH]4)c3)CC(=O)NC1=O)C2. The number of aromatic nitrogens is 3. The van der Waals surface area contributed by atoms with Gasteiger partial charge in [-0.25, -0.2) is 0 Å². The van der Waals surface area contributed by atoms with Gasteiger partial charge >= 0.3 is 0 Å². The second-order valence-electron chi connectivity index (χ2n) is 8.00. The number of imide groups is 1. The Kier molecular flexibility index (Phi) is 4.90. The number of hydrogen-bond donors (Lipinski definition) is 2. The van der Waals surface area contributed by atoms with Crippen molar-refractivity contribution >= 4 is 17.7 Å². The number of pyridine rings is 1. The zero-order valence-electron chi connectivity index (χ0n) is 17.7. The summed E-state index contributed by atoms with van der Waals surface area (Å²) in [6.07, 6.45) is 4.78. The molecule has 2 aliphatic rings. The number of fused-ring (bicyclic) bond motifs is 1. The number of ether oxygens (including phenoxy) is 1. The Bertz CT molecular complexity index is 1340.